The number of guanidine groups is 1. The van der Waals surface area contributed by atoms with Crippen molar-refractivity contribution in [1.82, 2.24) is 5.32 Å². The fraction of sp³-hybridized carbons (Fsp3) is 0.381. The van der Waals surface area contributed by atoms with Crippen LogP contribution in [0.15, 0.2) is 47.5 Å². The molecular weight excluding hydrogens is 488 g/mol. The van der Waals surface area contributed by atoms with E-state index in [1.807, 2.05) is 32.0 Å². The van der Waals surface area contributed by atoms with Gasteiger partial charge in [-0.1, -0.05) is 12.1 Å². The van der Waals surface area contributed by atoms with Crippen LogP contribution in [0.2, 0.25) is 0 Å². The fourth-order valence-corrected chi connectivity index (χ4v) is 2.63. The molecule has 8 heteroatoms. The third kappa shape index (κ3) is 7.69. The second-order valence-corrected chi connectivity index (χ2v) is 5.92. The molecule has 1 atom stereocenters. The van der Waals surface area contributed by atoms with E-state index in [0.717, 1.165) is 11.3 Å². The van der Waals surface area contributed by atoms with Crippen molar-refractivity contribution in [3.05, 3.63) is 53.8 Å². The zero-order valence-electron chi connectivity index (χ0n) is 17.2. The van der Waals surface area contributed by atoms with Gasteiger partial charge in [0.05, 0.1) is 20.3 Å². The summed E-state index contributed by atoms with van der Waals surface area (Å²) in [5, 5.41) is 6.46. The minimum absolute atomic E-state index is 0. The summed E-state index contributed by atoms with van der Waals surface area (Å²) in [6.07, 6.45) is -0.272. The van der Waals surface area contributed by atoms with Crippen molar-refractivity contribution in [3.8, 4) is 11.5 Å². The Labute approximate surface area is 188 Å². The first-order valence-corrected chi connectivity index (χ1v) is 9.25. The number of rotatable bonds is 9. The molecule has 0 saturated carbocycles. The standard InChI is InChI=1S/C21H28FN3O3.HI/c1-5-23-21(24-14-20(27-4)15-7-9-16(22)10-8-15)25-17-11-12-18(26-3)19(13-17)28-6-2;/h7-13,20H,5-6,14H2,1-4H3,(H2,23,24,25);1H. The Morgan fingerprint density at radius 3 is 2.38 bits per heavy atom. The average molecular weight is 517 g/mol. The van der Waals surface area contributed by atoms with E-state index in [0.29, 0.717) is 37.2 Å². The van der Waals surface area contributed by atoms with Crippen molar-refractivity contribution in [2.75, 3.05) is 39.2 Å². The van der Waals surface area contributed by atoms with Crippen molar-refractivity contribution in [2.24, 2.45) is 4.99 Å². The van der Waals surface area contributed by atoms with Crippen molar-refractivity contribution in [1.29, 1.82) is 0 Å². The Hall–Kier alpha value is -2.07. The highest BCUT2D eigenvalue weighted by molar-refractivity contribution is 14.0. The minimum atomic E-state index is -0.276. The fourth-order valence-electron chi connectivity index (χ4n) is 2.63. The number of hydrogen-bond donors (Lipinski definition) is 2. The lowest BCUT2D eigenvalue weighted by atomic mass is 10.1. The first-order valence-electron chi connectivity index (χ1n) is 9.25. The Bertz CT molecular complexity index is 772. The molecule has 0 amide bonds. The Kier molecular flexibility index (Phi) is 11.4. The smallest absolute Gasteiger partial charge is 0.195 e. The highest BCUT2D eigenvalue weighted by atomic mass is 127. The highest BCUT2D eigenvalue weighted by Crippen LogP contribution is 2.30. The number of nitrogens with one attached hydrogen (secondary N) is 2. The van der Waals surface area contributed by atoms with Crippen molar-refractivity contribution >= 4 is 35.6 Å². The second kappa shape index (κ2) is 13.2. The zero-order chi connectivity index (χ0) is 20.4. The first kappa shape index (κ1) is 25.0. The summed E-state index contributed by atoms with van der Waals surface area (Å²) in [4.78, 5) is 4.60. The van der Waals surface area contributed by atoms with E-state index in [-0.39, 0.29) is 35.9 Å². The quantitative estimate of drug-likeness (QED) is 0.289. The van der Waals surface area contributed by atoms with E-state index in [1.54, 1.807) is 26.4 Å². The predicted molar refractivity (Wildman–Crippen MR) is 125 cm³/mol. The molecule has 0 saturated heterocycles. The summed E-state index contributed by atoms with van der Waals surface area (Å²) in [7, 11) is 3.22. The maximum Gasteiger partial charge on any atom is 0.195 e. The molecule has 0 radical (unpaired) electrons. The molecule has 29 heavy (non-hydrogen) atoms. The van der Waals surface area contributed by atoms with Gasteiger partial charge < -0.3 is 24.8 Å². The number of benzene rings is 2. The zero-order valence-corrected chi connectivity index (χ0v) is 19.5. The molecule has 160 valence electrons. The van der Waals surface area contributed by atoms with Crippen LogP contribution >= 0.6 is 24.0 Å². The third-order valence-corrected chi connectivity index (χ3v) is 4.01. The number of halogens is 2. The van der Waals surface area contributed by atoms with Gasteiger partial charge >= 0.3 is 0 Å². The summed E-state index contributed by atoms with van der Waals surface area (Å²) in [5.74, 6) is 1.66. The largest absolute Gasteiger partial charge is 0.493 e. The lowest BCUT2D eigenvalue weighted by molar-refractivity contribution is 0.111. The van der Waals surface area contributed by atoms with Gasteiger partial charge in [-0.2, -0.15) is 0 Å². The summed E-state index contributed by atoms with van der Waals surface area (Å²) in [6.45, 7) is 5.54. The highest BCUT2D eigenvalue weighted by Gasteiger charge is 2.11. The number of nitrogens with zero attached hydrogens (tertiary/aromatic N) is 1. The van der Waals surface area contributed by atoms with E-state index in [2.05, 4.69) is 15.6 Å². The van der Waals surface area contributed by atoms with E-state index >= 15 is 0 Å². The topological polar surface area (TPSA) is 64.1 Å². The maximum absolute atomic E-state index is 13.1. The number of ether oxygens (including phenoxy) is 3. The van der Waals surface area contributed by atoms with Crippen LogP contribution in [0.5, 0.6) is 11.5 Å². The minimum Gasteiger partial charge on any atom is -0.493 e. The van der Waals surface area contributed by atoms with Gasteiger partial charge in [-0.15, -0.1) is 24.0 Å². The van der Waals surface area contributed by atoms with Crippen LogP contribution in [0.4, 0.5) is 10.1 Å². The maximum atomic E-state index is 13.1. The Morgan fingerprint density at radius 2 is 1.79 bits per heavy atom. The Morgan fingerprint density at radius 1 is 1.07 bits per heavy atom. The molecule has 6 nitrogen and oxygen atoms in total. The number of methoxy groups -OCH3 is 2. The predicted octanol–water partition coefficient (Wildman–Crippen LogP) is 4.62. The molecule has 2 aromatic carbocycles. The lowest BCUT2D eigenvalue weighted by Gasteiger charge is -2.17. The summed E-state index contributed by atoms with van der Waals surface area (Å²) in [5.41, 5.74) is 1.69. The van der Waals surface area contributed by atoms with Gasteiger partial charge in [0, 0.05) is 25.4 Å². The summed E-state index contributed by atoms with van der Waals surface area (Å²) >= 11 is 0. The molecule has 0 aliphatic rings. The number of aliphatic imine (C=N–C) groups is 1. The normalized spacial score (nSPS) is 12.0. The molecular formula is C21H29FIN3O3. The van der Waals surface area contributed by atoms with E-state index in [9.17, 15) is 4.39 Å². The van der Waals surface area contributed by atoms with E-state index < -0.39 is 0 Å². The summed E-state index contributed by atoms with van der Waals surface area (Å²) in [6, 6.07) is 11.8. The molecule has 0 fully saturated rings. The monoisotopic (exact) mass is 517 g/mol. The Balaban J connectivity index is 0.00000420. The van der Waals surface area contributed by atoms with Crippen LogP contribution in [0, 0.1) is 5.82 Å². The van der Waals surface area contributed by atoms with Gasteiger partial charge in [0.2, 0.25) is 0 Å². The molecule has 1 unspecified atom stereocenters. The SMILES string of the molecule is CCNC(=NCC(OC)c1ccc(F)cc1)Nc1ccc(OC)c(OCC)c1.I. The summed E-state index contributed by atoms with van der Waals surface area (Å²) < 4.78 is 29.6. The molecule has 0 aliphatic heterocycles. The molecule has 2 aromatic rings. The molecule has 0 aromatic heterocycles. The molecule has 0 bridgehead atoms. The number of hydrogen-bond acceptors (Lipinski definition) is 4. The molecule has 0 spiro atoms. The van der Waals surface area contributed by atoms with Crippen LogP contribution in [-0.2, 0) is 4.74 Å². The van der Waals surface area contributed by atoms with Crippen LogP contribution in [0.1, 0.15) is 25.5 Å². The van der Waals surface area contributed by atoms with Crippen LogP contribution in [-0.4, -0.2) is 39.9 Å². The third-order valence-electron chi connectivity index (χ3n) is 4.01. The van der Waals surface area contributed by atoms with Gasteiger partial charge in [0.15, 0.2) is 17.5 Å². The average Bonchev–Trinajstić information content (AvgIpc) is 2.70. The van der Waals surface area contributed by atoms with Crippen LogP contribution in [0.25, 0.3) is 0 Å². The van der Waals surface area contributed by atoms with Crippen molar-refractivity contribution < 1.29 is 18.6 Å². The lowest BCUT2D eigenvalue weighted by Crippen LogP contribution is -2.31. The molecule has 0 aliphatic carbocycles. The number of anilines is 1. The second-order valence-electron chi connectivity index (χ2n) is 5.92. The van der Waals surface area contributed by atoms with E-state index in [1.165, 1.54) is 12.1 Å². The van der Waals surface area contributed by atoms with Crippen LogP contribution in [0.3, 0.4) is 0 Å². The van der Waals surface area contributed by atoms with Gasteiger partial charge in [-0.25, -0.2) is 9.38 Å². The van der Waals surface area contributed by atoms with Gasteiger partial charge in [-0.05, 0) is 43.7 Å². The molecule has 2 N–H and O–H groups in total. The molecule has 2 rings (SSSR count). The van der Waals surface area contributed by atoms with Gasteiger partial charge in [0.1, 0.15) is 11.9 Å². The first-order chi connectivity index (χ1) is 13.6. The van der Waals surface area contributed by atoms with Gasteiger partial charge in [-0.3, -0.25) is 0 Å². The van der Waals surface area contributed by atoms with Crippen molar-refractivity contribution in [2.45, 2.75) is 20.0 Å². The van der Waals surface area contributed by atoms with Gasteiger partial charge in [0.25, 0.3) is 0 Å². The van der Waals surface area contributed by atoms with Crippen molar-refractivity contribution in [3.63, 3.8) is 0 Å². The van der Waals surface area contributed by atoms with E-state index in [4.69, 9.17) is 14.2 Å². The molecule has 0 heterocycles. The van der Waals surface area contributed by atoms with Crippen LogP contribution < -0.4 is 20.1 Å².